The molecule has 3 aliphatic rings. The van der Waals surface area contributed by atoms with Crippen LogP contribution in [0.25, 0.3) is 0 Å². The van der Waals surface area contributed by atoms with Crippen LogP contribution < -0.4 is 0 Å². The van der Waals surface area contributed by atoms with Gasteiger partial charge in [0.05, 0.1) is 13.2 Å². The molecule has 154 valence electrons. The number of carbonyl (C=O) groups excluding carboxylic acids is 2. The van der Waals surface area contributed by atoms with Crippen molar-refractivity contribution in [2.24, 2.45) is 4.99 Å². The van der Waals surface area contributed by atoms with Crippen molar-refractivity contribution in [1.82, 2.24) is 14.7 Å². The summed E-state index contributed by atoms with van der Waals surface area (Å²) in [6, 6.07) is 4.25. The Bertz CT molecular complexity index is 926. The molecular formula is C19H22Cl2N5O3+. The molecule has 0 radical (unpaired) electrons. The van der Waals surface area contributed by atoms with Crippen LogP contribution in [0.15, 0.2) is 23.2 Å². The Morgan fingerprint density at radius 2 is 1.90 bits per heavy atom. The van der Waals surface area contributed by atoms with E-state index in [1.165, 1.54) is 11.9 Å². The van der Waals surface area contributed by atoms with Crippen molar-refractivity contribution in [1.29, 1.82) is 0 Å². The van der Waals surface area contributed by atoms with E-state index in [4.69, 9.17) is 32.9 Å². The van der Waals surface area contributed by atoms with Crippen LogP contribution in [0.2, 0.25) is 10.0 Å². The molecule has 8 nitrogen and oxygen atoms in total. The third-order valence-electron chi connectivity index (χ3n) is 5.44. The van der Waals surface area contributed by atoms with Crippen LogP contribution in [0, 0.1) is 0 Å². The van der Waals surface area contributed by atoms with E-state index in [0.717, 1.165) is 29.4 Å². The van der Waals surface area contributed by atoms with E-state index >= 15 is 0 Å². The summed E-state index contributed by atoms with van der Waals surface area (Å²) >= 11 is 12.4. The zero-order valence-electron chi connectivity index (χ0n) is 16.3. The molecule has 3 amide bonds. The third-order valence-corrected chi connectivity index (χ3v) is 6.02. The predicted molar refractivity (Wildman–Crippen MR) is 110 cm³/mol. The minimum absolute atomic E-state index is 0.297. The molecule has 0 N–H and O–H groups in total. The number of amidine groups is 2. The van der Waals surface area contributed by atoms with Gasteiger partial charge >= 0.3 is 11.9 Å². The summed E-state index contributed by atoms with van der Waals surface area (Å²) in [5, 5.41) is 1.08. The molecule has 0 spiro atoms. The summed E-state index contributed by atoms with van der Waals surface area (Å²) < 4.78 is 7.36. The number of nitrogens with zero attached hydrogens (tertiary/aromatic N) is 5. The van der Waals surface area contributed by atoms with E-state index in [2.05, 4.69) is 4.90 Å². The number of rotatable bonds is 4. The fourth-order valence-electron chi connectivity index (χ4n) is 3.75. The van der Waals surface area contributed by atoms with Crippen LogP contribution in [0.1, 0.15) is 5.56 Å². The molecule has 0 aromatic heterocycles. The quantitative estimate of drug-likeness (QED) is 0.668. The summed E-state index contributed by atoms with van der Waals surface area (Å²) in [6.45, 7) is 3.85. The standard InChI is InChI=1S/C19H22Cl2N5O3/c1-23-17-16(18(27)24(2)19(23)28)26(10-12-3-4-13(20)9-14(12)21)15(22-17)11-25-5-7-29-8-6-25/h3-4,9,16H,5-8,10-11H2,1-2H3/q+1. The van der Waals surface area contributed by atoms with Gasteiger partial charge in [0.2, 0.25) is 0 Å². The largest absolute Gasteiger partial charge is 0.379 e. The molecule has 0 aliphatic carbocycles. The molecule has 1 aromatic rings. The number of benzene rings is 1. The Hall–Kier alpha value is -2.00. The molecule has 4 rings (SSSR count). The Kier molecular flexibility index (Phi) is 5.61. The smallest absolute Gasteiger partial charge is 0.333 e. The SMILES string of the molecule is CN1C(=O)C2C(=NC(CN3CCOCC3)=[N+]2Cc2ccc(Cl)cc2Cl)N(C)C1=O. The Morgan fingerprint density at radius 3 is 2.59 bits per heavy atom. The van der Waals surface area contributed by atoms with Gasteiger partial charge in [-0.1, -0.05) is 29.3 Å². The molecule has 3 heterocycles. The molecular weight excluding hydrogens is 417 g/mol. The van der Waals surface area contributed by atoms with Gasteiger partial charge in [0.1, 0.15) is 13.1 Å². The summed E-state index contributed by atoms with van der Waals surface area (Å²) in [6.07, 6.45) is 0. The molecule has 1 unspecified atom stereocenters. The number of halogens is 2. The predicted octanol–water partition coefficient (Wildman–Crippen LogP) is 1.54. The third kappa shape index (κ3) is 3.77. The Balaban J connectivity index is 1.72. The number of likely N-dealkylation sites (N-methyl/N-ethyl adjacent to an activating group) is 2. The van der Waals surface area contributed by atoms with E-state index < -0.39 is 6.04 Å². The molecule has 1 aromatic carbocycles. The van der Waals surface area contributed by atoms with Crippen molar-refractivity contribution in [2.45, 2.75) is 12.6 Å². The van der Waals surface area contributed by atoms with E-state index in [0.29, 0.717) is 42.2 Å². The highest BCUT2D eigenvalue weighted by molar-refractivity contribution is 6.35. The number of amides is 3. The summed E-state index contributed by atoms with van der Waals surface area (Å²) in [5.74, 6) is 0.890. The van der Waals surface area contributed by atoms with Crippen molar-refractivity contribution in [3.8, 4) is 0 Å². The van der Waals surface area contributed by atoms with Crippen molar-refractivity contribution in [2.75, 3.05) is 46.9 Å². The van der Waals surface area contributed by atoms with Gasteiger partial charge in [-0.3, -0.25) is 19.5 Å². The molecule has 10 heteroatoms. The second-order valence-corrected chi connectivity index (χ2v) is 8.12. The van der Waals surface area contributed by atoms with Crippen LogP contribution in [0.5, 0.6) is 0 Å². The number of carbonyl (C=O) groups is 2. The Labute approximate surface area is 178 Å². The van der Waals surface area contributed by atoms with Gasteiger partial charge in [-0.2, -0.15) is 0 Å². The van der Waals surface area contributed by atoms with Gasteiger partial charge in [0.25, 0.3) is 17.8 Å². The number of morpholine rings is 1. The molecule has 3 aliphatic heterocycles. The van der Waals surface area contributed by atoms with Crippen LogP contribution >= 0.6 is 23.2 Å². The highest BCUT2D eigenvalue weighted by atomic mass is 35.5. The fourth-order valence-corrected chi connectivity index (χ4v) is 4.22. The van der Waals surface area contributed by atoms with E-state index in [1.54, 1.807) is 19.2 Å². The molecule has 2 fully saturated rings. The number of hydrogen-bond acceptors (Lipinski definition) is 5. The van der Waals surface area contributed by atoms with E-state index in [-0.39, 0.29) is 11.9 Å². The topological polar surface area (TPSA) is 68.5 Å². The van der Waals surface area contributed by atoms with Gasteiger partial charge in [0.15, 0.2) is 0 Å². The fraction of sp³-hybridized carbons (Fsp3) is 0.474. The van der Waals surface area contributed by atoms with Crippen molar-refractivity contribution in [3.63, 3.8) is 0 Å². The number of ether oxygens (including phenoxy) is 1. The van der Waals surface area contributed by atoms with Crippen LogP contribution in [-0.2, 0) is 16.1 Å². The number of hydrogen-bond donors (Lipinski definition) is 0. The zero-order valence-corrected chi connectivity index (χ0v) is 17.8. The lowest BCUT2D eigenvalue weighted by molar-refractivity contribution is -0.552. The van der Waals surface area contributed by atoms with Crippen molar-refractivity contribution in [3.05, 3.63) is 33.8 Å². The second kappa shape index (κ2) is 8.02. The van der Waals surface area contributed by atoms with Crippen molar-refractivity contribution >= 4 is 46.8 Å². The number of aliphatic imine (C=N–C) groups is 1. The highest BCUT2D eigenvalue weighted by Gasteiger charge is 2.53. The summed E-state index contributed by atoms with van der Waals surface area (Å²) in [4.78, 5) is 34.9. The minimum Gasteiger partial charge on any atom is -0.379 e. The number of imide groups is 1. The number of fused-ring (bicyclic) bond motifs is 1. The molecule has 2 saturated heterocycles. The van der Waals surface area contributed by atoms with Gasteiger partial charge in [-0.25, -0.2) is 9.37 Å². The lowest BCUT2D eigenvalue weighted by atomic mass is 10.1. The normalized spacial score (nSPS) is 23.0. The average molecular weight is 439 g/mol. The van der Waals surface area contributed by atoms with Gasteiger partial charge < -0.3 is 4.74 Å². The monoisotopic (exact) mass is 438 g/mol. The lowest BCUT2D eigenvalue weighted by Gasteiger charge is -2.31. The summed E-state index contributed by atoms with van der Waals surface area (Å²) in [5.41, 5.74) is 0.835. The van der Waals surface area contributed by atoms with E-state index in [9.17, 15) is 9.59 Å². The summed E-state index contributed by atoms with van der Waals surface area (Å²) in [7, 11) is 3.13. The first kappa shape index (κ1) is 20.3. The van der Waals surface area contributed by atoms with Crippen LogP contribution in [0.3, 0.4) is 0 Å². The highest BCUT2D eigenvalue weighted by Crippen LogP contribution is 2.25. The first-order chi connectivity index (χ1) is 13.9. The van der Waals surface area contributed by atoms with Crippen LogP contribution in [0.4, 0.5) is 4.79 Å². The lowest BCUT2D eigenvalue weighted by Crippen LogP contribution is -2.61. The van der Waals surface area contributed by atoms with Crippen molar-refractivity contribution < 1.29 is 18.9 Å². The van der Waals surface area contributed by atoms with E-state index in [1.807, 2.05) is 10.6 Å². The Morgan fingerprint density at radius 1 is 1.17 bits per heavy atom. The first-order valence-electron chi connectivity index (χ1n) is 9.37. The van der Waals surface area contributed by atoms with Gasteiger partial charge in [-0.05, 0) is 17.1 Å². The molecule has 29 heavy (non-hydrogen) atoms. The minimum atomic E-state index is -0.662. The van der Waals surface area contributed by atoms with Gasteiger partial charge in [-0.15, -0.1) is 0 Å². The first-order valence-corrected chi connectivity index (χ1v) is 10.1. The molecule has 0 saturated carbocycles. The number of urea groups is 1. The maximum atomic E-state index is 13.0. The van der Waals surface area contributed by atoms with Crippen LogP contribution in [-0.4, -0.2) is 95.9 Å². The zero-order chi connectivity index (χ0) is 20.7. The van der Waals surface area contributed by atoms with Gasteiger partial charge in [0, 0.05) is 42.8 Å². The molecule has 0 bridgehead atoms. The second-order valence-electron chi connectivity index (χ2n) is 7.28. The maximum Gasteiger partial charge on any atom is 0.333 e. The molecule has 1 atom stereocenters. The maximum absolute atomic E-state index is 13.0. The average Bonchev–Trinajstić information content (AvgIpc) is 3.05.